The van der Waals surface area contributed by atoms with Gasteiger partial charge < -0.3 is 19.5 Å². The Kier molecular flexibility index (Phi) is 5.15. The summed E-state index contributed by atoms with van der Waals surface area (Å²) in [6, 6.07) is 7.85. The Morgan fingerprint density at radius 2 is 2.33 bits per heavy atom. The van der Waals surface area contributed by atoms with Crippen molar-refractivity contribution in [2.45, 2.75) is 19.4 Å². The molecule has 1 aliphatic rings. The second-order valence-corrected chi connectivity index (χ2v) is 6.12. The Morgan fingerprint density at radius 1 is 1.46 bits per heavy atom. The molecule has 1 atom stereocenters. The maximum Gasteiger partial charge on any atom is 0.226 e. The summed E-state index contributed by atoms with van der Waals surface area (Å²) in [6.45, 7) is 4.65. The van der Waals surface area contributed by atoms with Gasteiger partial charge in [-0.2, -0.15) is 0 Å². The molecule has 1 aromatic carbocycles. The van der Waals surface area contributed by atoms with Gasteiger partial charge in [-0.05, 0) is 24.6 Å². The SMILES string of the molecule is Cc1cccc(OCCC(=O)N2CCNCC2c2nccn2C)c1. The molecular weight excluding hydrogens is 304 g/mol. The van der Waals surface area contributed by atoms with E-state index in [1.807, 2.05) is 53.9 Å². The Hall–Kier alpha value is -2.34. The average Bonchev–Trinajstić information content (AvgIpc) is 3.01. The van der Waals surface area contributed by atoms with E-state index in [2.05, 4.69) is 10.3 Å². The van der Waals surface area contributed by atoms with Crippen LogP contribution in [0.5, 0.6) is 5.75 Å². The minimum atomic E-state index is -0.0229. The van der Waals surface area contributed by atoms with Crippen molar-refractivity contribution in [3.63, 3.8) is 0 Å². The Morgan fingerprint density at radius 3 is 3.08 bits per heavy atom. The Balaban J connectivity index is 1.59. The molecule has 0 aliphatic carbocycles. The quantitative estimate of drug-likeness (QED) is 0.907. The molecule has 2 heterocycles. The van der Waals surface area contributed by atoms with Crippen molar-refractivity contribution >= 4 is 5.91 Å². The predicted octanol–water partition coefficient (Wildman–Crippen LogP) is 1.67. The first-order chi connectivity index (χ1) is 11.6. The number of rotatable bonds is 5. The van der Waals surface area contributed by atoms with Crippen LogP contribution < -0.4 is 10.1 Å². The van der Waals surface area contributed by atoms with Gasteiger partial charge in [-0.1, -0.05) is 12.1 Å². The van der Waals surface area contributed by atoms with Crippen LogP contribution in [0.15, 0.2) is 36.7 Å². The van der Waals surface area contributed by atoms with Crippen molar-refractivity contribution in [2.75, 3.05) is 26.2 Å². The summed E-state index contributed by atoms with van der Waals surface area (Å²) in [4.78, 5) is 19.0. The first kappa shape index (κ1) is 16.5. The van der Waals surface area contributed by atoms with Gasteiger partial charge in [0.25, 0.3) is 0 Å². The lowest BCUT2D eigenvalue weighted by Gasteiger charge is -2.35. The molecule has 0 saturated carbocycles. The van der Waals surface area contributed by atoms with Crippen LogP contribution in [0.2, 0.25) is 0 Å². The third-order valence-electron chi connectivity index (χ3n) is 4.29. The highest BCUT2D eigenvalue weighted by Gasteiger charge is 2.30. The number of piperazine rings is 1. The molecule has 0 radical (unpaired) electrons. The smallest absolute Gasteiger partial charge is 0.226 e. The predicted molar refractivity (Wildman–Crippen MR) is 91.8 cm³/mol. The zero-order chi connectivity index (χ0) is 16.9. The fourth-order valence-corrected chi connectivity index (χ4v) is 3.04. The third kappa shape index (κ3) is 3.76. The number of amides is 1. The number of hydrogen-bond donors (Lipinski definition) is 1. The van der Waals surface area contributed by atoms with Crippen LogP contribution >= 0.6 is 0 Å². The first-order valence-electron chi connectivity index (χ1n) is 8.32. The summed E-state index contributed by atoms with van der Waals surface area (Å²) in [7, 11) is 1.96. The highest BCUT2D eigenvalue weighted by Crippen LogP contribution is 2.21. The van der Waals surface area contributed by atoms with E-state index in [4.69, 9.17) is 4.74 Å². The maximum atomic E-state index is 12.7. The summed E-state index contributed by atoms with van der Waals surface area (Å²) in [6.07, 6.45) is 4.05. The molecule has 1 aliphatic heterocycles. The van der Waals surface area contributed by atoms with Crippen LogP contribution in [0.4, 0.5) is 0 Å². The minimum absolute atomic E-state index is 0.0229. The molecule has 6 heteroatoms. The number of nitrogens with one attached hydrogen (secondary N) is 1. The number of hydrogen-bond acceptors (Lipinski definition) is 4. The molecule has 1 N–H and O–H groups in total. The lowest BCUT2D eigenvalue weighted by atomic mass is 10.1. The van der Waals surface area contributed by atoms with Crippen LogP contribution in [-0.4, -0.2) is 46.6 Å². The van der Waals surface area contributed by atoms with Crippen LogP contribution in [-0.2, 0) is 11.8 Å². The first-order valence-corrected chi connectivity index (χ1v) is 8.32. The van der Waals surface area contributed by atoms with Crippen LogP contribution in [0, 0.1) is 6.92 Å². The Bertz CT molecular complexity index is 698. The molecule has 24 heavy (non-hydrogen) atoms. The number of benzene rings is 1. The summed E-state index contributed by atoms with van der Waals surface area (Å²) in [5, 5.41) is 3.34. The zero-order valence-electron chi connectivity index (χ0n) is 14.2. The summed E-state index contributed by atoms with van der Waals surface area (Å²) < 4.78 is 7.69. The van der Waals surface area contributed by atoms with Gasteiger partial charge in [-0.3, -0.25) is 4.79 Å². The van der Waals surface area contributed by atoms with E-state index in [-0.39, 0.29) is 11.9 Å². The van der Waals surface area contributed by atoms with Gasteiger partial charge in [0.15, 0.2) is 0 Å². The second kappa shape index (κ2) is 7.49. The van der Waals surface area contributed by atoms with Crippen molar-refractivity contribution < 1.29 is 9.53 Å². The molecule has 6 nitrogen and oxygen atoms in total. The number of nitrogens with zero attached hydrogens (tertiary/aromatic N) is 3. The van der Waals surface area contributed by atoms with Gasteiger partial charge in [-0.15, -0.1) is 0 Å². The van der Waals surface area contributed by atoms with Gasteiger partial charge in [0.05, 0.1) is 13.0 Å². The van der Waals surface area contributed by atoms with E-state index in [1.165, 1.54) is 0 Å². The molecule has 1 fully saturated rings. The fourth-order valence-electron chi connectivity index (χ4n) is 3.04. The number of carbonyl (C=O) groups excluding carboxylic acids is 1. The molecule has 0 spiro atoms. The van der Waals surface area contributed by atoms with E-state index < -0.39 is 0 Å². The highest BCUT2D eigenvalue weighted by molar-refractivity contribution is 5.77. The van der Waals surface area contributed by atoms with Gasteiger partial charge in [0.2, 0.25) is 5.91 Å². The van der Waals surface area contributed by atoms with Crippen LogP contribution in [0.25, 0.3) is 0 Å². The number of imidazole rings is 1. The Labute approximate surface area is 142 Å². The number of carbonyl (C=O) groups is 1. The normalized spacial score (nSPS) is 17.8. The average molecular weight is 328 g/mol. The van der Waals surface area contributed by atoms with E-state index in [0.717, 1.165) is 30.2 Å². The van der Waals surface area contributed by atoms with E-state index in [0.29, 0.717) is 19.6 Å². The molecule has 1 amide bonds. The summed E-state index contributed by atoms with van der Waals surface area (Å²) in [5.74, 6) is 1.83. The van der Waals surface area contributed by atoms with E-state index in [1.54, 1.807) is 6.20 Å². The summed E-state index contributed by atoms with van der Waals surface area (Å²) >= 11 is 0. The van der Waals surface area contributed by atoms with Crippen LogP contribution in [0.3, 0.4) is 0 Å². The van der Waals surface area contributed by atoms with E-state index in [9.17, 15) is 4.79 Å². The van der Waals surface area contributed by atoms with Crippen molar-refractivity contribution in [1.29, 1.82) is 0 Å². The second-order valence-electron chi connectivity index (χ2n) is 6.12. The van der Waals surface area contributed by atoms with Crippen molar-refractivity contribution in [1.82, 2.24) is 19.8 Å². The lowest BCUT2D eigenvalue weighted by molar-refractivity contribution is -0.135. The standard InChI is InChI=1S/C18H24N4O2/c1-14-4-3-5-15(12-14)24-11-6-17(23)22-10-7-19-13-16(22)18-20-8-9-21(18)2/h3-5,8-9,12,16,19H,6-7,10-11,13H2,1-2H3. The minimum Gasteiger partial charge on any atom is -0.493 e. The third-order valence-corrected chi connectivity index (χ3v) is 4.29. The molecule has 128 valence electrons. The largest absolute Gasteiger partial charge is 0.493 e. The monoisotopic (exact) mass is 328 g/mol. The van der Waals surface area contributed by atoms with Gasteiger partial charge in [-0.25, -0.2) is 4.98 Å². The molecule has 1 saturated heterocycles. The zero-order valence-corrected chi connectivity index (χ0v) is 14.2. The molecule has 0 bridgehead atoms. The van der Waals surface area contributed by atoms with Gasteiger partial charge in [0, 0.05) is 39.1 Å². The molecule has 2 aromatic rings. The lowest BCUT2D eigenvalue weighted by Crippen LogP contribution is -2.49. The molecule has 3 rings (SSSR count). The highest BCUT2D eigenvalue weighted by atomic mass is 16.5. The topological polar surface area (TPSA) is 59.4 Å². The van der Waals surface area contributed by atoms with Gasteiger partial charge >= 0.3 is 0 Å². The van der Waals surface area contributed by atoms with Crippen molar-refractivity contribution in [3.8, 4) is 5.75 Å². The number of ether oxygens (including phenoxy) is 1. The summed E-state index contributed by atoms with van der Waals surface area (Å²) in [5.41, 5.74) is 1.15. The number of aromatic nitrogens is 2. The van der Waals surface area contributed by atoms with Crippen molar-refractivity contribution in [3.05, 3.63) is 48.0 Å². The molecular formula is C18H24N4O2. The van der Waals surface area contributed by atoms with E-state index >= 15 is 0 Å². The molecule has 1 aromatic heterocycles. The number of aryl methyl sites for hydroxylation is 2. The molecule has 1 unspecified atom stereocenters. The fraction of sp³-hybridized carbons (Fsp3) is 0.444. The maximum absolute atomic E-state index is 12.7. The van der Waals surface area contributed by atoms with Crippen molar-refractivity contribution in [2.24, 2.45) is 7.05 Å². The van der Waals surface area contributed by atoms with Crippen LogP contribution in [0.1, 0.15) is 23.9 Å². The van der Waals surface area contributed by atoms with Gasteiger partial charge in [0.1, 0.15) is 17.6 Å².